The first-order valence-corrected chi connectivity index (χ1v) is 12.9. The van der Waals surface area contributed by atoms with E-state index in [2.05, 4.69) is 10.0 Å². The zero-order valence-corrected chi connectivity index (χ0v) is 21.0. The summed E-state index contributed by atoms with van der Waals surface area (Å²) in [5.74, 6) is 0.532. The maximum Gasteiger partial charge on any atom is 0.261 e. The quantitative estimate of drug-likeness (QED) is 0.355. The van der Waals surface area contributed by atoms with E-state index in [4.69, 9.17) is 16.3 Å². The molecule has 0 spiro atoms. The molecule has 0 saturated heterocycles. The van der Waals surface area contributed by atoms with Gasteiger partial charge in [-0.3, -0.25) is 9.52 Å². The van der Waals surface area contributed by atoms with Crippen molar-refractivity contribution in [3.8, 4) is 5.75 Å². The molecule has 0 aliphatic rings. The monoisotopic (exact) mass is 500 g/mol. The standard InChI is InChI=1S/C26H29ClN2O4S/c1-18(2)33-22-11-8-20(9-12-22)5-4-16-28-26(30)24-15-10-21(17-25(24)27)29-34(31,32)23-13-6-19(3)7-14-23/h6-15,17-18,29H,4-5,16H2,1-3H3,(H,28,30). The molecule has 0 atom stereocenters. The summed E-state index contributed by atoms with van der Waals surface area (Å²) in [5.41, 5.74) is 2.70. The lowest BCUT2D eigenvalue weighted by Crippen LogP contribution is -2.25. The SMILES string of the molecule is Cc1ccc(S(=O)(=O)Nc2ccc(C(=O)NCCCc3ccc(OC(C)C)cc3)c(Cl)c2)cc1. The van der Waals surface area contributed by atoms with Gasteiger partial charge in [0, 0.05) is 6.54 Å². The first-order chi connectivity index (χ1) is 16.1. The lowest BCUT2D eigenvalue weighted by atomic mass is 10.1. The van der Waals surface area contributed by atoms with Gasteiger partial charge in [-0.15, -0.1) is 0 Å². The summed E-state index contributed by atoms with van der Waals surface area (Å²) in [5, 5.41) is 3.03. The molecule has 0 aromatic heterocycles. The highest BCUT2D eigenvalue weighted by molar-refractivity contribution is 7.92. The van der Waals surface area contributed by atoms with E-state index in [9.17, 15) is 13.2 Å². The minimum atomic E-state index is -3.75. The van der Waals surface area contributed by atoms with Crippen molar-refractivity contribution in [2.24, 2.45) is 0 Å². The number of aryl methyl sites for hydroxylation is 2. The van der Waals surface area contributed by atoms with Gasteiger partial charge in [-0.2, -0.15) is 0 Å². The van der Waals surface area contributed by atoms with Crippen LogP contribution in [0.15, 0.2) is 71.6 Å². The Labute approximate surface area is 206 Å². The van der Waals surface area contributed by atoms with Crippen LogP contribution in [0.1, 0.15) is 41.8 Å². The predicted octanol–water partition coefficient (Wildman–Crippen LogP) is 5.60. The highest BCUT2D eigenvalue weighted by atomic mass is 35.5. The Balaban J connectivity index is 1.52. The van der Waals surface area contributed by atoms with Crippen LogP contribution in [-0.4, -0.2) is 27.0 Å². The molecule has 0 fully saturated rings. The number of carbonyl (C=O) groups excluding carboxylic acids is 1. The Morgan fingerprint density at radius 3 is 2.29 bits per heavy atom. The van der Waals surface area contributed by atoms with Crippen LogP contribution in [0.5, 0.6) is 5.75 Å². The number of hydrogen-bond acceptors (Lipinski definition) is 4. The Hall–Kier alpha value is -3.03. The summed E-state index contributed by atoms with van der Waals surface area (Å²) in [6.07, 6.45) is 1.72. The van der Waals surface area contributed by atoms with Crippen LogP contribution in [0.4, 0.5) is 5.69 Å². The number of carbonyl (C=O) groups is 1. The van der Waals surface area contributed by atoms with Crippen molar-refractivity contribution < 1.29 is 17.9 Å². The second-order valence-electron chi connectivity index (χ2n) is 8.28. The van der Waals surface area contributed by atoms with E-state index in [-0.39, 0.29) is 33.2 Å². The van der Waals surface area contributed by atoms with Crippen molar-refractivity contribution in [2.75, 3.05) is 11.3 Å². The maximum atomic E-state index is 12.6. The Morgan fingerprint density at radius 2 is 1.68 bits per heavy atom. The van der Waals surface area contributed by atoms with Gasteiger partial charge < -0.3 is 10.1 Å². The van der Waals surface area contributed by atoms with Gasteiger partial charge in [0.1, 0.15) is 5.75 Å². The lowest BCUT2D eigenvalue weighted by molar-refractivity contribution is 0.0953. The molecule has 3 aromatic carbocycles. The molecule has 3 rings (SSSR count). The number of rotatable bonds is 10. The summed E-state index contributed by atoms with van der Waals surface area (Å²) >= 11 is 6.27. The molecule has 0 aliphatic carbocycles. The van der Waals surface area contributed by atoms with Crippen LogP contribution < -0.4 is 14.8 Å². The van der Waals surface area contributed by atoms with Crippen molar-refractivity contribution in [3.63, 3.8) is 0 Å². The third-order valence-electron chi connectivity index (χ3n) is 5.02. The van der Waals surface area contributed by atoms with Gasteiger partial charge in [0.05, 0.1) is 27.3 Å². The van der Waals surface area contributed by atoms with Crippen molar-refractivity contribution in [1.29, 1.82) is 0 Å². The summed E-state index contributed by atoms with van der Waals surface area (Å²) in [7, 11) is -3.75. The van der Waals surface area contributed by atoms with Crippen LogP contribution in [-0.2, 0) is 16.4 Å². The van der Waals surface area contributed by atoms with Gasteiger partial charge in [-0.05, 0) is 81.6 Å². The smallest absolute Gasteiger partial charge is 0.261 e. The zero-order chi connectivity index (χ0) is 24.7. The van der Waals surface area contributed by atoms with Gasteiger partial charge >= 0.3 is 0 Å². The first-order valence-electron chi connectivity index (χ1n) is 11.1. The van der Waals surface area contributed by atoms with Gasteiger partial charge in [-0.1, -0.05) is 41.4 Å². The number of ether oxygens (including phenoxy) is 1. The van der Waals surface area contributed by atoms with Crippen molar-refractivity contribution in [2.45, 2.75) is 44.6 Å². The Bertz CT molecular complexity index is 1220. The van der Waals surface area contributed by atoms with E-state index in [1.165, 1.54) is 30.3 Å². The van der Waals surface area contributed by atoms with Crippen molar-refractivity contribution >= 4 is 33.2 Å². The van der Waals surface area contributed by atoms with Crippen LogP contribution in [0, 0.1) is 6.92 Å². The third-order valence-corrected chi connectivity index (χ3v) is 6.73. The van der Waals surface area contributed by atoms with E-state index in [0.29, 0.717) is 6.54 Å². The van der Waals surface area contributed by atoms with Crippen LogP contribution in [0.25, 0.3) is 0 Å². The van der Waals surface area contributed by atoms with Crippen molar-refractivity contribution in [3.05, 3.63) is 88.4 Å². The summed E-state index contributed by atoms with van der Waals surface area (Å²) in [4.78, 5) is 12.7. The lowest BCUT2D eigenvalue weighted by Gasteiger charge is -2.11. The van der Waals surface area contributed by atoms with Crippen LogP contribution >= 0.6 is 11.6 Å². The minimum Gasteiger partial charge on any atom is -0.491 e. The second-order valence-corrected chi connectivity index (χ2v) is 10.4. The third kappa shape index (κ3) is 7.23. The Kier molecular flexibility index (Phi) is 8.58. The fourth-order valence-corrected chi connectivity index (χ4v) is 4.61. The maximum absolute atomic E-state index is 12.6. The number of anilines is 1. The number of hydrogen-bond donors (Lipinski definition) is 2. The molecule has 34 heavy (non-hydrogen) atoms. The molecule has 1 amide bonds. The average Bonchev–Trinajstić information content (AvgIpc) is 2.77. The molecular formula is C26H29ClN2O4S. The molecular weight excluding hydrogens is 472 g/mol. The molecule has 0 unspecified atom stereocenters. The molecule has 0 radical (unpaired) electrons. The fourth-order valence-electron chi connectivity index (χ4n) is 3.29. The average molecular weight is 501 g/mol. The highest BCUT2D eigenvalue weighted by Gasteiger charge is 2.16. The van der Waals surface area contributed by atoms with E-state index >= 15 is 0 Å². The Morgan fingerprint density at radius 1 is 1.00 bits per heavy atom. The largest absolute Gasteiger partial charge is 0.491 e. The number of nitrogens with one attached hydrogen (secondary N) is 2. The number of halogens is 1. The van der Waals surface area contributed by atoms with E-state index in [1.807, 2.05) is 45.0 Å². The topological polar surface area (TPSA) is 84.5 Å². The van der Waals surface area contributed by atoms with E-state index in [1.54, 1.807) is 12.1 Å². The van der Waals surface area contributed by atoms with Gasteiger partial charge in [0.2, 0.25) is 0 Å². The van der Waals surface area contributed by atoms with Crippen molar-refractivity contribution in [1.82, 2.24) is 5.32 Å². The molecule has 8 heteroatoms. The number of sulfonamides is 1. The second kappa shape index (κ2) is 11.4. The van der Waals surface area contributed by atoms with Gasteiger partial charge in [-0.25, -0.2) is 8.42 Å². The molecule has 6 nitrogen and oxygen atoms in total. The molecule has 180 valence electrons. The van der Waals surface area contributed by atoms with Crippen LogP contribution in [0.3, 0.4) is 0 Å². The normalized spacial score (nSPS) is 11.3. The highest BCUT2D eigenvalue weighted by Crippen LogP contribution is 2.23. The summed E-state index contributed by atoms with van der Waals surface area (Å²) in [6, 6.07) is 18.9. The first kappa shape index (κ1) is 25.6. The van der Waals surface area contributed by atoms with Crippen LogP contribution in [0.2, 0.25) is 5.02 Å². The van der Waals surface area contributed by atoms with E-state index < -0.39 is 10.0 Å². The predicted molar refractivity (Wildman–Crippen MR) is 136 cm³/mol. The molecule has 2 N–H and O–H groups in total. The number of benzene rings is 3. The van der Waals surface area contributed by atoms with Gasteiger partial charge in [0.15, 0.2) is 0 Å². The summed E-state index contributed by atoms with van der Waals surface area (Å²) in [6.45, 7) is 6.34. The fraction of sp³-hybridized carbons (Fsp3) is 0.269. The molecule has 0 saturated carbocycles. The zero-order valence-electron chi connectivity index (χ0n) is 19.5. The summed E-state index contributed by atoms with van der Waals surface area (Å²) < 4.78 is 33.3. The molecule has 3 aromatic rings. The van der Waals surface area contributed by atoms with Gasteiger partial charge in [0.25, 0.3) is 15.9 Å². The molecule has 0 bridgehead atoms. The molecule has 0 aliphatic heterocycles. The minimum absolute atomic E-state index is 0.135. The number of amides is 1. The van der Waals surface area contributed by atoms with E-state index in [0.717, 1.165) is 29.7 Å². The molecule has 0 heterocycles.